The summed E-state index contributed by atoms with van der Waals surface area (Å²) in [6.07, 6.45) is 1.62. The molecule has 1 fully saturated rings. The van der Waals surface area contributed by atoms with Crippen LogP contribution in [0.1, 0.15) is 16.2 Å². The second kappa shape index (κ2) is 8.31. The minimum absolute atomic E-state index is 0.101. The molecule has 0 unspecified atom stereocenters. The van der Waals surface area contributed by atoms with E-state index in [4.69, 9.17) is 16.0 Å². The fourth-order valence-corrected chi connectivity index (χ4v) is 3.32. The predicted octanol–water partition coefficient (Wildman–Crippen LogP) is 3.30. The molecule has 1 aromatic carbocycles. The Hall–Kier alpha value is -3.06. The lowest BCUT2D eigenvalue weighted by molar-refractivity contribution is 0.0739. The summed E-state index contributed by atoms with van der Waals surface area (Å²) in [7, 11) is 0. The second-order valence-electron chi connectivity index (χ2n) is 6.50. The van der Waals surface area contributed by atoms with E-state index in [9.17, 15) is 4.79 Å². The molecule has 0 spiro atoms. The molecule has 1 saturated heterocycles. The van der Waals surface area contributed by atoms with E-state index in [1.165, 1.54) is 0 Å². The molecule has 3 aromatic rings. The summed E-state index contributed by atoms with van der Waals surface area (Å²) in [5.74, 6) is 1.30. The Labute approximate surface area is 167 Å². The number of nitrogens with one attached hydrogen (secondary N) is 1. The van der Waals surface area contributed by atoms with E-state index >= 15 is 0 Å². The minimum Gasteiger partial charge on any atom is -0.467 e. The molecule has 1 amide bonds. The maximum Gasteiger partial charge on any atom is 0.274 e. The SMILES string of the molecule is O=C(c1ccc(NCc2ccco2)nn1)N1CCN(c2cccc(Cl)c2)CC1. The van der Waals surface area contributed by atoms with Gasteiger partial charge in [-0.2, -0.15) is 0 Å². The molecule has 0 atom stereocenters. The average molecular weight is 398 g/mol. The fraction of sp³-hybridized carbons (Fsp3) is 0.250. The van der Waals surface area contributed by atoms with Crippen LogP contribution >= 0.6 is 11.6 Å². The highest BCUT2D eigenvalue weighted by atomic mass is 35.5. The highest BCUT2D eigenvalue weighted by molar-refractivity contribution is 6.30. The van der Waals surface area contributed by atoms with Gasteiger partial charge in [0.2, 0.25) is 0 Å². The van der Waals surface area contributed by atoms with Gasteiger partial charge in [-0.05, 0) is 42.5 Å². The van der Waals surface area contributed by atoms with E-state index < -0.39 is 0 Å². The average Bonchev–Trinajstić information content (AvgIpc) is 3.26. The van der Waals surface area contributed by atoms with Gasteiger partial charge in [-0.1, -0.05) is 17.7 Å². The number of hydrogen-bond donors (Lipinski definition) is 1. The number of anilines is 2. The van der Waals surface area contributed by atoms with Crippen LogP contribution < -0.4 is 10.2 Å². The van der Waals surface area contributed by atoms with Crippen molar-refractivity contribution in [3.63, 3.8) is 0 Å². The van der Waals surface area contributed by atoms with Gasteiger partial charge >= 0.3 is 0 Å². The van der Waals surface area contributed by atoms with Gasteiger partial charge in [0, 0.05) is 36.9 Å². The molecule has 7 nitrogen and oxygen atoms in total. The normalized spacial score (nSPS) is 14.2. The van der Waals surface area contributed by atoms with E-state index in [1.807, 2.05) is 36.4 Å². The first-order valence-electron chi connectivity index (χ1n) is 9.09. The van der Waals surface area contributed by atoms with E-state index in [0.29, 0.717) is 36.2 Å². The predicted molar refractivity (Wildman–Crippen MR) is 108 cm³/mol. The minimum atomic E-state index is -0.101. The molecule has 1 aliphatic rings. The number of hydrogen-bond acceptors (Lipinski definition) is 6. The van der Waals surface area contributed by atoms with Crippen molar-refractivity contribution in [2.24, 2.45) is 0 Å². The Morgan fingerprint density at radius 3 is 2.61 bits per heavy atom. The molecule has 28 heavy (non-hydrogen) atoms. The fourth-order valence-electron chi connectivity index (χ4n) is 3.13. The number of amides is 1. The monoisotopic (exact) mass is 397 g/mol. The maximum atomic E-state index is 12.7. The zero-order chi connectivity index (χ0) is 19.3. The molecule has 1 aliphatic heterocycles. The molecule has 1 N–H and O–H groups in total. The van der Waals surface area contributed by atoms with Crippen LogP contribution in [0.25, 0.3) is 0 Å². The van der Waals surface area contributed by atoms with Gasteiger partial charge in [0.05, 0.1) is 12.8 Å². The molecular formula is C20H20ClN5O2. The summed E-state index contributed by atoms with van der Waals surface area (Å²) >= 11 is 6.07. The topological polar surface area (TPSA) is 74.5 Å². The number of halogens is 1. The number of furan rings is 1. The van der Waals surface area contributed by atoms with E-state index in [1.54, 1.807) is 23.3 Å². The van der Waals surface area contributed by atoms with Crippen LogP contribution in [0.4, 0.5) is 11.5 Å². The van der Waals surface area contributed by atoms with Crippen LogP contribution in [0, 0.1) is 0 Å². The Balaban J connectivity index is 1.32. The van der Waals surface area contributed by atoms with Crippen molar-refractivity contribution in [1.82, 2.24) is 15.1 Å². The summed E-state index contributed by atoms with van der Waals surface area (Å²) in [4.78, 5) is 16.7. The Morgan fingerprint density at radius 1 is 1.07 bits per heavy atom. The molecule has 0 aliphatic carbocycles. The molecule has 0 bridgehead atoms. The van der Waals surface area contributed by atoms with Gasteiger partial charge in [-0.3, -0.25) is 4.79 Å². The smallest absolute Gasteiger partial charge is 0.274 e. The highest BCUT2D eigenvalue weighted by Gasteiger charge is 2.23. The van der Waals surface area contributed by atoms with Gasteiger partial charge in [0.25, 0.3) is 5.91 Å². The van der Waals surface area contributed by atoms with E-state index in [-0.39, 0.29) is 5.91 Å². The number of carbonyl (C=O) groups excluding carboxylic acids is 1. The van der Waals surface area contributed by atoms with E-state index in [0.717, 1.165) is 24.5 Å². The first kappa shape index (κ1) is 18.3. The van der Waals surface area contributed by atoms with Crippen LogP contribution in [0.5, 0.6) is 0 Å². The largest absolute Gasteiger partial charge is 0.467 e. The number of aromatic nitrogens is 2. The highest BCUT2D eigenvalue weighted by Crippen LogP contribution is 2.21. The van der Waals surface area contributed by atoms with Crippen molar-refractivity contribution in [2.45, 2.75) is 6.54 Å². The maximum absolute atomic E-state index is 12.7. The third-order valence-corrected chi connectivity index (χ3v) is 4.88. The lowest BCUT2D eigenvalue weighted by Crippen LogP contribution is -2.49. The lowest BCUT2D eigenvalue weighted by atomic mass is 10.2. The quantitative estimate of drug-likeness (QED) is 0.712. The summed E-state index contributed by atoms with van der Waals surface area (Å²) in [5, 5.41) is 12.0. The lowest BCUT2D eigenvalue weighted by Gasteiger charge is -2.36. The molecule has 8 heteroatoms. The number of nitrogens with zero attached hydrogens (tertiary/aromatic N) is 4. The van der Waals surface area contributed by atoms with Crippen molar-refractivity contribution in [2.75, 3.05) is 36.4 Å². The van der Waals surface area contributed by atoms with Crippen LogP contribution in [-0.4, -0.2) is 47.2 Å². The molecule has 0 radical (unpaired) electrons. The number of carbonyl (C=O) groups is 1. The molecular weight excluding hydrogens is 378 g/mol. The van der Waals surface area contributed by atoms with Crippen LogP contribution in [0.15, 0.2) is 59.2 Å². The van der Waals surface area contributed by atoms with Crippen LogP contribution in [0.2, 0.25) is 5.02 Å². The molecule has 4 rings (SSSR count). The van der Waals surface area contributed by atoms with Crippen molar-refractivity contribution >= 4 is 29.0 Å². The summed E-state index contributed by atoms with van der Waals surface area (Å²) in [5.41, 5.74) is 1.42. The van der Waals surface area contributed by atoms with Gasteiger partial charge in [-0.25, -0.2) is 0 Å². The summed E-state index contributed by atoms with van der Waals surface area (Å²) in [6.45, 7) is 3.28. The van der Waals surface area contributed by atoms with Gasteiger partial charge in [0.15, 0.2) is 5.69 Å². The Kier molecular flexibility index (Phi) is 5.43. The van der Waals surface area contributed by atoms with Crippen molar-refractivity contribution in [3.8, 4) is 0 Å². The molecule has 0 saturated carbocycles. The van der Waals surface area contributed by atoms with Crippen LogP contribution in [-0.2, 0) is 6.54 Å². The second-order valence-corrected chi connectivity index (χ2v) is 6.93. The molecule has 144 valence electrons. The summed E-state index contributed by atoms with van der Waals surface area (Å²) in [6, 6.07) is 14.9. The number of benzene rings is 1. The first-order chi connectivity index (χ1) is 13.7. The molecule has 3 heterocycles. The number of rotatable bonds is 5. The zero-order valence-electron chi connectivity index (χ0n) is 15.2. The van der Waals surface area contributed by atoms with E-state index in [2.05, 4.69) is 20.4 Å². The third kappa shape index (κ3) is 4.26. The Morgan fingerprint density at radius 2 is 1.93 bits per heavy atom. The van der Waals surface area contributed by atoms with Gasteiger partial charge in [0.1, 0.15) is 11.6 Å². The third-order valence-electron chi connectivity index (χ3n) is 4.65. The molecule has 2 aromatic heterocycles. The van der Waals surface area contributed by atoms with Gasteiger partial charge < -0.3 is 19.5 Å². The van der Waals surface area contributed by atoms with Crippen molar-refractivity contribution in [1.29, 1.82) is 0 Å². The Bertz CT molecular complexity index is 922. The zero-order valence-corrected chi connectivity index (χ0v) is 16.0. The van der Waals surface area contributed by atoms with Gasteiger partial charge in [-0.15, -0.1) is 10.2 Å². The van der Waals surface area contributed by atoms with Crippen molar-refractivity contribution < 1.29 is 9.21 Å². The van der Waals surface area contributed by atoms with Crippen molar-refractivity contribution in [3.05, 3.63) is 71.3 Å². The number of piperazine rings is 1. The standard InChI is InChI=1S/C20H20ClN5O2/c21-15-3-1-4-16(13-15)25-8-10-26(11-9-25)20(27)18-6-7-19(24-23-18)22-14-17-5-2-12-28-17/h1-7,12-13H,8-11,14H2,(H,22,24). The van der Waals surface area contributed by atoms with Crippen LogP contribution in [0.3, 0.4) is 0 Å². The summed E-state index contributed by atoms with van der Waals surface area (Å²) < 4.78 is 5.26. The first-order valence-corrected chi connectivity index (χ1v) is 9.46.